The standard InChI is InChI=1S/C22H24N6O4/c1-22(30)16(10-31-13-5-3-12-4-6-17(24-2)27-15(12)9-13)32-21(18(22)29)28-8-7-14-19(23)25-11-26-20(14)28/h3-9,11,16,18,21,29-30H,10H2,1-2H3,(H,24,27)(H2,23,25,26)/t16-,18+,21-,22-/m1/s1. The summed E-state index contributed by atoms with van der Waals surface area (Å²) in [5.41, 5.74) is 5.65. The van der Waals surface area contributed by atoms with Crippen LogP contribution in [0.15, 0.2) is 48.9 Å². The van der Waals surface area contributed by atoms with Gasteiger partial charge in [-0.3, -0.25) is 0 Å². The Labute approximate surface area is 183 Å². The Morgan fingerprint density at radius 2 is 2.06 bits per heavy atom. The molecule has 0 spiro atoms. The van der Waals surface area contributed by atoms with E-state index in [2.05, 4.69) is 20.3 Å². The number of nitrogens with two attached hydrogens (primary N) is 1. The molecule has 1 fully saturated rings. The van der Waals surface area contributed by atoms with E-state index in [-0.39, 0.29) is 6.61 Å². The van der Waals surface area contributed by atoms with Crippen molar-refractivity contribution < 1.29 is 19.7 Å². The van der Waals surface area contributed by atoms with E-state index in [1.807, 2.05) is 37.4 Å². The fourth-order valence-corrected chi connectivity index (χ4v) is 3.98. The normalized spacial score (nSPS) is 25.4. The molecule has 1 aliphatic heterocycles. The van der Waals surface area contributed by atoms with Crippen molar-refractivity contribution in [1.29, 1.82) is 0 Å². The van der Waals surface area contributed by atoms with Gasteiger partial charge in [0, 0.05) is 24.7 Å². The highest BCUT2D eigenvalue weighted by atomic mass is 16.6. The number of aromatic nitrogens is 4. The zero-order chi connectivity index (χ0) is 22.5. The van der Waals surface area contributed by atoms with Crippen LogP contribution in [-0.2, 0) is 4.74 Å². The minimum absolute atomic E-state index is 0.0358. The molecule has 0 unspecified atom stereocenters. The van der Waals surface area contributed by atoms with Crippen molar-refractivity contribution >= 4 is 33.6 Å². The molecular weight excluding hydrogens is 412 g/mol. The van der Waals surface area contributed by atoms with Gasteiger partial charge in [-0.1, -0.05) is 0 Å². The maximum atomic E-state index is 11.0. The number of rotatable bonds is 5. The lowest BCUT2D eigenvalue weighted by Gasteiger charge is -2.26. The molecule has 0 bridgehead atoms. The summed E-state index contributed by atoms with van der Waals surface area (Å²) < 4.78 is 13.6. The molecule has 10 heteroatoms. The summed E-state index contributed by atoms with van der Waals surface area (Å²) in [5, 5.41) is 26.5. The lowest BCUT2D eigenvalue weighted by molar-refractivity contribution is -0.0765. The van der Waals surface area contributed by atoms with E-state index in [0.29, 0.717) is 22.6 Å². The molecule has 4 atom stereocenters. The van der Waals surface area contributed by atoms with E-state index in [4.69, 9.17) is 15.2 Å². The number of fused-ring (bicyclic) bond motifs is 2. The van der Waals surface area contributed by atoms with E-state index in [1.165, 1.54) is 13.3 Å². The highest BCUT2D eigenvalue weighted by Crippen LogP contribution is 2.39. The number of aliphatic hydroxyl groups excluding tert-OH is 1. The van der Waals surface area contributed by atoms with E-state index >= 15 is 0 Å². The second-order valence-corrected chi connectivity index (χ2v) is 8.02. The van der Waals surface area contributed by atoms with Crippen LogP contribution < -0.4 is 15.8 Å². The molecule has 4 aromatic rings. The van der Waals surface area contributed by atoms with E-state index in [9.17, 15) is 10.2 Å². The number of nitrogens with one attached hydrogen (secondary N) is 1. The smallest absolute Gasteiger partial charge is 0.164 e. The third kappa shape index (κ3) is 3.29. The molecule has 32 heavy (non-hydrogen) atoms. The third-order valence-electron chi connectivity index (χ3n) is 5.96. The molecule has 0 amide bonds. The average Bonchev–Trinajstić information content (AvgIpc) is 3.31. The quantitative estimate of drug-likeness (QED) is 0.368. The number of benzene rings is 1. The Morgan fingerprint density at radius 1 is 1.25 bits per heavy atom. The zero-order valence-electron chi connectivity index (χ0n) is 17.6. The Balaban J connectivity index is 1.37. The molecule has 0 radical (unpaired) electrons. The van der Waals surface area contributed by atoms with Gasteiger partial charge in [-0.15, -0.1) is 0 Å². The van der Waals surface area contributed by atoms with E-state index in [0.717, 1.165) is 16.7 Å². The number of aliphatic hydroxyl groups is 2. The largest absolute Gasteiger partial charge is 0.491 e. The van der Waals surface area contributed by atoms with E-state index in [1.54, 1.807) is 16.8 Å². The third-order valence-corrected chi connectivity index (χ3v) is 5.96. The van der Waals surface area contributed by atoms with Crippen molar-refractivity contribution in [3.05, 3.63) is 48.9 Å². The van der Waals surface area contributed by atoms with Gasteiger partial charge in [0.25, 0.3) is 0 Å². The predicted octanol–water partition coefficient (Wildman–Crippen LogP) is 1.69. The second-order valence-electron chi connectivity index (χ2n) is 8.02. The van der Waals surface area contributed by atoms with Crippen LogP contribution in [0, 0.1) is 0 Å². The topological polar surface area (TPSA) is 141 Å². The van der Waals surface area contributed by atoms with Crippen LogP contribution >= 0.6 is 0 Å². The van der Waals surface area contributed by atoms with Gasteiger partial charge < -0.3 is 35.3 Å². The van der Waals surface area contributed by atoms with Gasteiger partial charge in [0.2, 0.25) is 0 Å². The Kier molecular flexibility index (Phi) is 4.85. The molecule has 5 N–H and O–H groups in total. The predicted molar refractivity (Wildman–Crippen MR) is 119 cm³/mol. The number of anilines is 2. The monoisotopic (exact) mass is 436 g/mol. The first kappa shape index (κ1) is 20.4. The van der Waals surface area contributed by atoms with Crippen LogP contribution in [0.5, 0.6) is 5.75 Å². The molecule has 166 valence electrons. The summed E-state index contributed by atoms with van der Waals surface area (Å²) in [6, 6.07) is 11.2. The summed E-state index contributed by atoms with van der Waals surface area (Å²) in [6.45, 7) is 1.57. The van der Waals surface area contributed by atoms with Crippen LogP contribution in [0.2, 0.25) is 0 Å². The minimum atomic E-state index is -1.55. The summed E-state index contributed by atoms with van der Waals surface area (Å²) in [7, 11) is 1.81. The molecule has 4 heterocycles. The van der Waals surface area contributed by atoms with Crippen LogP contribution in [0.3, 0.4) is 0 Å². The van der Waals surface area contributed by atoms with Crippen LogP contribution in [0.4, 0.5) is 11.6 Å². The highest BCUT2D eigenvalue weighted by molar-refractivity contribution is 5.86. The first-order chi connectivity index (χ1) is 15.4. The molecular formula is C22H24N6O4. The Morgan fingerprint density at radius 3 is 2.88 bits per heavy atom. The van der Waals surface area contributed by atoms with Crippen LogP contribution in [-0.4, -0.2) is 61.2 Å². The summed E-state index contributed by atoms with van der Waals surface area (Å²) >= 11 is 0. The van der Waals surface area contributed by atoms with Crippen molar-refractivity contribution in [2.75, 3.05) is 24.7 Å². The van der Waals surface area contributed by atoms with Gasteiger partial charge in [0.05, 0.1) is 10.9 Å². The molecule has 1 aromatic carbocycles. The molecule has 1 aliphatic rings. The minimum Gasteiger partial charge on any atom is -0.491 e. The first-order valence-electron chi connectivity index (χ1n) is 10.2. The van der Waals surface area contributed by atoms with Crippen molar-refractivity contribution in [2.24, 2.45) is 0 Å². The maximum absolute atomic E-state index is 11.0. The summed E-state index contributed by atoms with van der Waals surface area (Å²) in [4.78, 5) is 12.7. The summed E-state index contributed by atoms with van der Waals surface area (Å²) in [6.07, 6.45) is 0.200. The molecule has 0 saturated carbocycles. The number of hydrogen-bond acceptors (Lipinski definition) is 9. The van der Waals surface area contributed by atoms with Gasteiger partial charge >= 0.3 is 0 Å². The highest BCUT2D eigenvalue weighted by Gasteiger charge is 2.53. The van der Waals surface area contributed by atoms with Crippen molar-refractivity contribution in [2.45, 2.75) is 31.0 Å². The molecule has 0 aliphatic carbocycles. The van der Waals surface area contributed by atoms with Gasteiger partial charge in [0.1, 0.15) is 53.8 Å². The summed E-state index contributed by atoms with van der Waals surface area (Å²) in [5.74, 6) is 1.67. The number of hydrogen-bond donors (Lipinski definition) is 4. The fourth-order valence-electron chi connectivity index (χ4n) is 3.98. The molecule has 3 aromatic heterocycles. The van der Waals surface area contributed by atoms with Crippen molar-refractivity contribution in [3.63, 3.8) is 0 Å². The Hall–Kier alpha value is -3.47. The van der Waals surface area contributed by atoms with Crippen molar-refractivity contribution in [3.8, 4) is 5.75 Å². The fraction of sp³-hybridized carbons (Fsp3) is 0.318. The Bertz CT molecular complexity index is 1290. The van der Waals surface area contributed by atoms with Crippen LogP contribution in [0.25, 0.3) is 21.9 Å². The SMILES string of the molecule is CNc1ccc2ccc(OC[C@H]3O[C@@H](n4ccc5c(N)ncnc54)[C@H](O)[C@]3(C)O)cc2n1. The van der Waals surface area contributed by atoms with Crippen LogP contribution in [0.1, 0.15) is 13.2 Å². The molecule has 1 saturated heterocycles. The second kappa shape index (κ2) is 7.59. The van der Waals surface area contributed by atoms with Gasteiger partial charge in [-0.05, 0) is 37.3 Å². The average molecular weight is 436 g/mol. The van der Waals surface area contributed by atoms with Gasteiger partial charge in [-0.2, -0.15) is 0 Å². The maximum Gasteiger partial charge on any atom is 0.164 e. The van der Waals surface area contributed by atoms with Crippen molar-refractivity contribution in [1.82, 2.24) is 19.5 Å². The lowest BCUT2D eigenvalue weighted by atomic mass is 9.95. The first-order valence-corrected chi connectivity index (χ1v) is 10.2. The number of ether oxygens (including phenoxy) is 2. The molecule has 5 rings (SSSR count). The number of nitrogen functional groups attached to an aromatic ring is 1. The van der Waals surface area contributed by atoms with Gasteiger partial charge in [0.15, 0.2) is 6.23 Å². The number of nitrogens with zero attached hydrogens (tertiary/aromatic N) is 4. The lowest BCUT2D eigenvalue weighted by Crippen LogP contribution is -2.47. The van der Waals surface area contributed by atoms with E-state index < -0.39 is 24.0 Å². The molecule has 10 nitrogen and oxygen atoms in total. The number of pyridine rings is 1. The van der Waals surface area contributed by atoms with Gasteiger partial charge in [-0.25, -0.2) is 15.0 Å². The zero-order valence-corrected chi connectivity index (χ0v) is 17.6.